The number of hydrogen-bond donors (Lipinski definition) is 0. The molecule has 1 aromatic carbocycles. The number of nitro benzene ring substituents is 1. The molecule has 0 bridgehead atoms. The highest BCUT2D eigenvalue weighted by Crippen LogP contribution is 2.35. The van der Waals surface area contributed by atoms with Crippen molar-refractivity contribution in [1.82, 2.24) is 0 Å². The van der Waals surface area contributed by atoms with E-state index in [1.807, 2.05) is 0 Å². The van der Waals surface area contributed by atoms with E-state index in [-0.39, 0.29) is 28.2 Å². The first-order valence-electron chi connectivity index (χ1n) is 6.03. The SMILES string of the molecule is COC1C(Cl)CC1Oc1cc(C)c([N+](=O)[O-])cc1C. The largest absolute Gasteiger partial charge is 0.487 e. The number of ether oxygens (including phenoxy) is 2. The molecule has 5 nitrogen and oxygen atoms in total. The summed E-state index contributed by atoms with van der Waals surface area (Å²) in [5, 5.41) is 10.8. The third kappa shape index (κ3) is 2.67. The van der Waals surface area contributed by atoms with Gasteiger partial charge in [-0.05, 0) is 25.5 Å². The lowest BCUT2D eigenvalue weighted by molar-refractivity contribution is -0.385. The summed E-state index contributed by atoms with van der Waals surface area (Å²) in [6.07, 6.45) is 0.499. The maximum Gasteiger partial charge on any atom is 0.272 e. The summed E-state index contributed by atoms with van der Waals surface area (Å²) in [6, 6.07) is 3.23. The lowest BCUT2D eigenvalue weighted by Crippen LogP contribution is -2.52. The third-order valence-electron chi connectivity index (χ3n) is 3.42. The summed E-state index contributed by atoms with van der Waals surface area (Å²) in [5.74, 6) is 0.652. The Hall–Kier alpha value is -1.33. The van der Waals surface area contributed by atoms with Gasteiger partial charge in [0.15, 0.2) is 0 Å². The van der Waals surface area contributed by atoms with Crippen molar-refractivity contribution in [2.45, 2.75) is 37.9 Å². The zero-order valence-corrected chi connectivity index (χ0v) is 11.8. The normalized spacial score (nSPS) is 25.8. The third-order valence-corrected chi connectivity index (χ3v) is 3.85. The summed E-state index contributed by atoms with van der Waals surface area (Å²) >= 11 is 6.02. The second kappa shape index (κ2) is 5.35. The first-order valence-corrected chi connectivity index (χ1v) is 6.47. The quantitative estimate of drug-likeness (QED) is 0.485. The van der Waals surface area contributed by atoms with Gasteiger partial charge < -0.3 is 9.47 Å². The molecule has 0 spiro atoms. The van der Waals surface area contributed by atoms with Crippen molar-refractivity contribution in [3.05, 3.63) is 33.4 Å². The predicted molar refractivity (Wildman–Crippen MR) is 72.0 cm³/mol. The van der Waals surface area contributed by atoms with Crippen LogP contribution in [0.15, 0.2) is 12.1 Å². The molecule has 19 heavy (non-hydrogen) atoms. The highest BCUT2D eigenvalue weighted by atomic mass is 35.5. The second-order valence-corrected chi connectivity index (χ2v) is 5.33. The van der Waals surface area contributed by atoms with Gasteiger partial charge in [-0.15, -0.1) is 11.6 Å². The molecule has 3 atom stereocenters. The van der Waals surface area contributed by atoms with E-state index in [0.717, 1.165) is 12.0 Å². The monoisotopic (exact) mass is 285 g/mol. The molecule has 1 fully saturated rings. The van der Waals surface area contributed by atoms with E-state index in [1.165, 1.54) is 6.07 Å². The van der Waals surface area contributed by atoms with Crippen molar-refractivity contribution in [1.29, 1.82) is 0 Å². The minimum Gasteiger partial charge on any atom is -0.487 e. The standard InChI is InChI=1S/C13H16ClNO4/c1-7-5-11(8(2)4-10(7)15(16)17)19-12-6-9(14)13(12)18-3/h4-5,9,12-13H,6H2,1-3H3. The van der Waals surface area contributed by atoms with Crippen LogP contribution in [0.25, 0.3) is 0 Å². The molecule has 0 heterocycles. The van der Waals surface area contributed by atoms with Crippen molar-refractivity contribution in [2.75, 3.05) is 7.11 Å². The van der Waals surface area contributed by atoms with E-state index in [0.29, 0.717) is 11.3 Å². The fourth-order valence-electron chi connectivity index (χ4n) is 2.20. The Labute approximate surface area is 116 Å². The van der Waals surface area contributed by atoms with Gasteiger partial charge in [0, 0.05) is 25.2 Å². The molecule has 104 valence electrons. The van der Waals surface area contributed by atoms with Crippen LogP contribution in [-0.4, -0.2) is 29.6 Å². The highest BCUT2D eigenvalue weighted by molar-refractivity contribution is 6.21. The molecule has 0 radical (unpaired) electrons. The first kappa shape index (κ1) is 14.1. The van der Waals surface area contributed by atoms with Crippen LogP contribution in [-0.2, 0) is 4.74 Å². The minimum atomic E-state index is -0.387. The number of alkyl halides is 1. The number of nitro groups is 1. The van der Waals surface area contributed by atoms with Crippen molar-refractivity contribution in [3.63, 3.8) is 0 Å². The van der Waals surface area contributed by atoms with Crippen LogP contribution in [0, 0.1) is 24.0 Å². The van der Waals surface area contributed by atoms with E-state index in [9.17, 15) is 10.1 Å². The van der Waals surface area contributed by atoms with E-state index in [1.54, 1.807) is 27.0 Å². The predicted octanol–water partition coefficient (Wildman–Crippen LogP) is 2.99. The van der Waals surface area contributed by atoms with Gasteiger partial charge in [-0.2, -0.15) is 0 Å². The molecule has 1 saturated carbocycles. The molecule has 0 saturated heterocycles. The number of rotatable bonds is 4. The summed E-state index contributed by atoms with van der Waals surface area (Å²) in [5.41, 5.74) is 1.43. The van der Waals surface area contributed by atoms with Crippen molar-refractivity contribution in [3.8, 4) is 5.75 Å². The molecular weight excluding hydrogens is 270 g/mol. The molecule has 3 unspecified atom stereocenters. The number of aryl methyl sites for hydroxylation is 2. The summed E-state index contributed by atoms with van der Waals surface area (Å²) in [4.78, 5) is 10.5. The van der Waals surface area contributed by atoms with Gasteiger partial charge in [-0.25, -0.2) is 0 Å². The second-order valence-electron chi connectivity index (χ2n) is 4.77. The topological polar surface area (TPSA) is 61.6 Å². The molecule has 6 heteroatoms. The van der Waals surface area contributed by atoms with Crippen molar-refractivity contribution in [2.24, 2.45) is 0 Å². The zero-order valence-electron chi connectivity index (χ0n) is 11.1. The van der Waals surface area contributed by atoms with Gasteiger partial charge in [0.2, 0.25) is 0 Å². The first-order chi connectivity index (χ1) is 8.93. The molecule has 1 aromatic rings. The summed E-state index contributed by atoms with van der Waals surface area (Å²) < 4.78 is 11.1. The fraction of sp³-hybridized carbons (Fsp3) is 0.538. The number of methoxy groups -OCH3 is 1. The lowest BCUT2D eigenvalue weighted by Gasteiger charge is -2.40. The van der Waals surface area contributed by atoms with Crippen LogP contribution in [0.1, 0.15) is 17.5 Å². The Bertz CT molecular complexity index is 506. The summed E-state index contributed by atoms with van der Waals surface area (Å²) in [6.45, 7) is 3.49. The molecule has 0 aromatic heterocycles. The number of nitrogens with zero attached hydrogens (tertiary/aromatic N) is 1. The van der Waals surface area contributed by atoms with Crippen molar-refractivity contribution < 1.29 is 14.4 Å². The van der Waals surface area contributed by atoms with E-state index in [2.05, 4.69) is 0 Å². The van der Waals surface area contributed by atoms with E-state index < -0.39 is 0 Å². The summed E-state index contributed by atoms with van der Waals surface area (Å²) in [7, 11) is 1.60. The number of hydrogen-bond acceptors (Lipinski definition) is 4. The minimum absolute atomic E-state index is 0.0329. The fourth-order valence-corrected chi connectivity index (χ4v) is 2.64. The zero-order chi connectivity index (χ0) is 14.2. The average Bonchev–Trinajstić information content (AvgIpc) is 2.32. The maximum absolute atomic E-state index is 10.8. The van der Waals surface area contributed by atoms with Crippen LogP contribution in [0.3, 0.4) is 0 Å². The number of benzene rings is 1. The van der Waals surface area contributed by atoms with Gasteiger partial charge in [0.1, 0.15) is 18.0 Å². The Kier molecular flexibility index (Phi) is 3.96. The molecule has 1 aliphatic rings. The Morgan fingerprint density at radius 1 is 1.37 bits per heavy atom. The van der Waals surface area contributed by atoms with Gasteiger partial charge in [-0.1, -0.05) is 0 Å². The van der Waals surface area contributed by atoms with Crippen LogP contribution in [0.4, 0.5) is 5.69 Å². The van der Waals surface area contributed by atoms with Gasteiger partial charge in [-0.3, -0.25) is 10.1 Å². The van der Waals surface area contributed by atoms with Crippen LogP contribution in [0.2, 0.25) is 0 Å². The van der Waals surface area contributed by atoms with E-state index >= 15 is 0 Å². The van der Waals surface area contributed by atoms with Gasteiger partial charge in [0.25, 0.3) is 5.69 Å². The molecule has 2 rings (SSSR count). The molecule has 0 amide bonds. The van der Waals surface area contributed by atoms with Crippen LogP contribution in [0.5, 0.6) is 5.75 Å². The van der Waals surface area contributed by atoms with Crippen molar-refractivity contribution >= 4 is 17.3 Å². The molecule has 1 aliphatic carbocycles. The maximum atomic E-state index is 10.8. The average molecular weight is 286 g/mol. The molecule has 0 N–H and O–H groups in total. The van der Waals surface area contributed by atoms with Gasteiger partial charge in [0.05, 0.1) is 10.3 Å². The smallest absolute Gasteiger partial charge is 0.272 e. The molecular formula is C13H16ClNO4. The number of halogens is 1. The van der Waals surface area contributed by atoms with E-state index in [4.69, 9.17) is 21.1 Å². The Morgan fingerprint density at radius 2 is 2.05 bits per heavy atom. The lowest BCUT2D eigenvalue weighted by atomic mass is 9.91. The van der Waals surface area contributed by atoms with Crippen LogP contribution < -0.4 is 4.74 Å². The Balaban J connectivity index is 2.18. The highest BCUT2D eigenvalue weighted by Gasteiger charge is 2.42. The molecule has 0 aliphatic heterocycles. The van der Waals surface area contributed by atoms with Crippen LogP contribution >= 0.6 is 11.6 Å². The van der Waals surface area contributed by atoms with Gasteiger partial charge >= 0.3 is 0 Å². The Morgan fingerprint density at radius 3 is 2.58 bits per heavy atom.